The first-order chi connectivity index (χ1) is 27.8. The molecule has 2 aliphatic rings. The molecule has 58 heavy (non-hydrogen) atoms. The fourth-order valence-corrected chi connectivity index (χ4v) is 7.22. The zero-order chi connectivity index (χ0) is 42.7. The number of alkyl carbamates (subject to hydrolysis) is 1. The molecule has 0 spiro atoms. The van der Waals surface area contributed by atoms with Crippen molar-refractivity contribution in [3.8, 4) is 22.5 Å². The number of unbranched alkanes of at least 4 members (excludes halogenated alkanes) is 2. The van der Waals surface area contributed by atoms with Crippen molar-refractivity contribution in [3.63, 3.8) is 0 Å². The van der Waals surface area contributed by atoms with Crippen molar-refractivity contribution < 1.29 is 32.3 Å². The minimum Gasteiger partial charge on any atom is -0.450 e. The summed E-state index contributed by atoms with van der Waals surface area (Å²) < 4.78 is 31.9. The highest BCUT2D eigenvalue weighted by Gasteiger charge is 2.40. The van der Waals surface area contributed by atoms with E-state index in [0.29, 0.717) is 38.6 Å². The van der Waals surface area contributed by atoms with Crippen molar-refractivity contribution in [1.82, 2.24) is 35.7 Å². The molecule has 0 radical (unpaired) electrons. The second-order valence-electron chi connectivity index (χ2n) is 14.7. The van der Waals surface area contributed by atoms with Crippen LogP contribution >= 0.6 is 0 Å². The number of benzene rings is 2. The lowest BCUT2D eigenvalue weighted by Crippen LogP contribution is -2.56. The average molecular weight is 820 g/mol. The van der Waals surface area contributed by atoms with Gasteiger partial charge in [0.2, 0.25) is 21.8 Å². The van der Waals surface area contributed by atoms with Crippen molar-refractivity contribution >= 4 is 39.9 Å². The Bertz CT molecular complexity index is 1920. The molecule has 15 heteroatoms. The molecule has 4 N–H and O–H groups in total. The standard InChI is InChI=1S/C37H45N7O7S.C4H10.C2H6/c1-3-25(2)32(36(47)42-52(49,50)29-19-20-29)39-35(46)30-18-12-21-44(30)31(45)24-38-37(48)51-22-10-5-4-7-13-26-14-11-17-28(23-26)34-33(40-43-41-34)27-15-8-6-9-16-27;1-4(2)3;1-2/h3,6-9,11,13-17,23,25,29-30,32H,1,4-5,10,12,18-22,24H2,2H3,(H,38,48)(H,39,46)(H,42,47)(H,40,41,43);4H,1-3H3;1-2H3/b13-7+;;. The smallest absolute Gasteiger partial charge is 0.407 e. The Morgan fingerprint density at radius 1 is 0.948 bits per heavy atom. The highest BCUT2D eigenvalue weighted by molar-refractivity contribution is 7.90. The van der Waals surface area contributed by atoms with Gasteiger partial charge in [-0.15, -0.1) is 6.58 Å². The Morgan fingerprint density at radius 3 is 2.26 bits per heavy atom. The fourth-order valence-electron chi connectivity index (χ4n) is 5.89. The number of H-pyrrole nitrogens is 1. The first-order valence-corrected chi connectivity index (χ1v) is 21.8. The number of hydrogen-bond donors (Lipinski definition) is 4. The van der Waals surface area contributed by atoms with E-state index in [-0.39, 0.29) is 13.2 Å². The third-order valence-corrected chi connectivity index (χ3v) is 10.8. The van der Waals surface area contributed by atoms with Gasteiger partial charge in [0.05, 0.1) is 11.9 Å². The minimum absolute atomic E-state index is 0.175. The van der Waals surface area contributed by atoms with Gasteiger partial charge in [-0.05, 0) is 62.5 Å². The van der Waals surface area contributed by atoms with Crippen LogP contribution in [0.15, 0.2) is 73.3 Å². The normalized spacial score (nSPS) is 15.9. The van der Waals surface area contributed by atoms with Gasteiger partial charge in [0.25, 0.3) is 5.91 Å². The van der Waals surface area contributed by atoms with E-state index in [1.807, 2.05) is 68.5 Å². The zero-order valence-electron chi connectivity index (χ0n) is 34.7. The van der Waals surface area contributed by atoms with E-state index in [4.69, 9.17) is 4.74 Å². The summed E-state index contributed by atoms with van der Waals surface area (Å²) in [6.07, 6.45) is 8.85. The second kappa shape index (κ2) is 23.8. The van der Waals surface area contributed by atoms with Crippen molar-refractivity contribution in [2.45, 2.75) is 104 Å². The van der Waals surface area contributed by atoms with Crippen LogP contribution in [-0.2, 0) is 29.1 Å². The number of aromatic amines is 1. The van der Waals surface area contributed by atoms with Crippen molar-refractivity contribution in [2.24, 2.45) is 11.8 Å². The highest BCUT2D eigenvalue weighted by atomic mass is 32.2. The molecule has 3 aromatic rings. The molecule has 2 aromatic carbocycles. The van der Waals surface area contributed by atoms with Gasteiger partial charge in [0.15, 0.2) is 0 Å². The van der Waals surface area contributed by atoms with Crippen molar-refractivity contribution in [3.05, 3.63) is 78.9 Å². The summed E-state index contributed by atoms with van der Waals surface area (Å²) in [5.41, 5.74) is 4.51. The molecule has 3 atom stereocenters. The number of aromatic nitrogens is 3. The van der Waals surface area contributed by atoms with E-state index in [2.05, 4.69) is 70.3 Å². The Kier molecular flexibility index (Phi) is 19.3. The summed E-state index contributed by atoms with van der Waals surface area (Å²) in [5, 5.41) is 15.9. The summed E-state index contributed by atoms with van der Waals surface area (Å²) in [4.78, 5) is 52.6. The first kappa shape index (κ1) is 47.1. The summed E-state index contributed by atoms with van der Waals surface area (Å²) >= 11 is 0. The Morgan fingerprint density at radius 2 is 1.60 bits per heavy atom. The molecule has 2 fully saturated rings. The molecule has 1 saturated carbocycles. The number of amides is 4. The lowest BCUT2D eigenvalue weighted by Gasteiger charge is -2.28. The molecule has 1 aliphatic heterocycles. The van der Waals surface area contributed by atoms with Crippen molar-refractivity contribution in [2.75, 3.05) is 19.7 Å². The van der Waals surface area contributed by atoms with E-state index in [1.165, 1.54) is 11.0 Å². The van der Waals surface area contributed by atoms with Gasteiger partial charge in [-0.1, -0.05) is 108 Å². The van der Waals surface area contributed by atoms with Gasteiger partial charge in [-0.3, -0.25) is 19.1 Å². The van der Waals surface area contributed by atoms with Gasteiger partial charge in [-0.2, -0.15) is 15.4 Å². The third-order valence-electron chi connectivity index (χ3n) is 9.01. The van der Waals surface area contributed by atoms with E-state index in [9.17, 15) is 27.6 Å². The number of carbonyl (C=O) groups is 4. The first-order valence-electron chi connectivity index (χ1n) is 20.2. The monoisotopic (exact) mass is 819 g/mol. The van der Waals surface area contributed by atoms with Crippen molar-refractivity contribution in [1.29, 1.82) is 0 Å². The highest BCUT2D eigenvalue weighted by Crippen LogP contribution is 2.29. The molecule has 3 unspecified atom stereocenters. The summed E-state index contributed by atoms with van der Waals surface area (Å²) in [5.74, 6) is -1.65. The quantitative estimate of drug-likeness (QED) is 0.0854. The van der Waals surface area contributed by atoms with Crippen LogP contribution in [0.4, 0.5) is 4.79 Å². The van der Waals surface area contributed by atoms with Crippen LogP contribution in [0.3, 0.4) is 0 Å². The summed E-state index contributed by atoms with van der Waals surface area (Å²) in [7, 11) is -3.82. The Hall–Kier alpha value is -5.31. The lowest BCUT2D eigenvalue weighted by atomic mass is 10.0. The number of likely N-dealkylation sites (tertiary alicyclic amines) is 1. The molecular weight excluding hydrogens is 759 g/mol. The number of hydrogen-bond acceptors (Lipinski definition) is 9. The maximum atomic E-state index is 13.2. The van der Waals surface area contributed by atoms with E-state index in [1.54, 1.807) is 6.92 Å². The fraction of sp³-hybridized carbons (Fsp3) is 0.488. The predicted molar refractivity (Wildman–Crippen MR) is 227 cm³/mol. The number of rotatable bonds is 17. The van der Waals surface area contributed by atoms with Crippen LogP contribution in [0.5, 0.6) is 0 Å². The summed E-state index contributed by atoms with van der Waals surface area (Å²) in [6.45, 7) is 15.9. The molecule has 1 aliphatic carbocycles. The summed E-state index contributed by atoms with van der Waals surface area (Å²) in [6, 6.07) is 15.8. The van der Waals surface area contributed by atoms with Gasteiger partial charge >= 0.3 is 6.09 Å². The van der Waals surface area contributed by atoms with Gasteiger partial charge in [0.1, 0.15) is 30.0 Å². The number of sulfonamides is 1. The molecule has 14 nitrogen and oxygen atoms in total. The molecule has 0 bridgehead atoms. The molecule has 1 saturated heterocycles. The molecule has 316 valence electrons. The predicted octanol–water partition coefficient (Wildman–Crippen LogP) is 6.64. The maximum absolute atomic E-state index is 13.2. The number of allylic oxidation sites excluding steroid dienone is 1. The van der Waals surface area contributed by atoms with Crippen LogP contribution in [-0.4, -0.2) is 89.6 Å². The molecular formula is C43H61N7O7S. The average Bonchev–Trinajstić information content (AvgIpc) is 3.77. The largest absolute Gasteiger partial charge is 0.450 e. The van der Waals surface area contributed by atoms with Gasteiger partial charge in [-0.25, -0.2) is 13.2 Å². The van der Waals surface area contributed by atoms with E-state index in [0.717, 1.165) is 46.8 Å². The molecule has 1 aromatic heterocycles. The van der Waals surface area contributed by atoms with Crippen LogP contribution in [0, 0.1) is 11.8 Å². The van der Waals surface area contributed by atoms with E-state index >= 15 is 0 Å². The number of nitrogens with zero attached hydrogens (tertiary/aromatic N) is 3. The minimum atomic E-state index is -3.82. The Labute approximate surface area is 343 Å². The second-order valence-corrected chi connectivity index (χ2v) is 16.6. The van der Waals surface area contributed by atoms with Crippen LogP contribution in [0.25, 0.3) is 28.6 Å². The number of nitrogens with one attached hydrogen (secondary N) is 4. The van der Waals surface area contributed by atoms with Crippen LogP contribution in [0.1, 0.15) is 92.1 Å². The SMILES string of the molecule is C=CC(C)C(NC(=O)C1CCCN1C(=O)CNC(=O)OCCCC/C=C/c1cccc(-c2n[nH]nc2-c2ccccc2)c1)C(=O)NS(=O)(=O)C1CC1.CC.CC(C)C. The van der Waals surface area contributed by atoms with Gasteiger partial charge < -0.3 is 20.3 Å². The van der Waals surface area contributed by atoms with Crippen LogP contribution < -0.4 is 15.4 Å². The molecule has 4 amide bonds. The van der Waals surface area contributed by atoms with Gasteiger partial charge in [0, 0.05) is 23.6 Å². The van der Waals surface area contributed by atoms with Crippen LogP contribution in [0.2, 0.25) is 0 Å². The van der Waals surface area contributed by atoms with E-state index < -0.39 is 57.1 Å². The molecule has 5 rings (SSSR count). The third kappa shape index (κ3) is 14.9. The zero-order valence-corrected chi connectivity index (χ0v) is 35.5. The number of ether oxygens (including phenoxy) is 1. The number of carbonyl (C=O) groups excluding carboxylic acids is 4. The topological polar surface area (TPSA) is 193 Å². The molecule has 2 heterocycles. The maximum Gasteiger partial charge on any atom is 0.407 e. The lowest BCUT2D eigenvalue weighted by molar-refractivity contribution is -0.139. The Balaban J connectivity index is 0.00000141.